The molecule has 0 unspecified atom stereocenters. The lowest BCUT2D eigenvalue weighted by Gasteiger charge is -2.16. The number of nitrogens with zero attached hydrogens (tertiary/aromatic N) is 1. The maximum absolute atomic E-state index is 5.61. The average Bonchev–Trinajstić information content (AvgIpc) is 2.68. The van der Waals surface area contributed by atoms with E-state index in [4.69, 9.17) is 4.84 Å². The molecule has 0 amide bonds. The molecular weight excluding hydrogens is 322 g/mol. The normalized spacial score (nSPS) is 10.3. The maximum Gasteiger partial charge on any atom is 0.0996 e. The van der Waals surface area contributed by atoms with Crippen molar-refractivity contribution in [2.75, 3.05) is 5.32 Å². The van der Waals surface area contributed by atoms with E-state index < -0.39 is 0 Å². The topological polar surface area (TPSA) is 46.2 Å². The van der Waals surface area contributed by atoms with Crippen molar-refractivity contribution in [3.63, 3.8) is 0 Å². The second-order valence-corrected chi connectivity index (χ2v) is 6.11. The number of hydrogen-bond acceptors (Lipinski definition) is 4. The van der Waals surface area contributed by atoms with Crippen LogP contribution in [0.5, 0.6) is 0 Å². The fraction of sp³-hybridized carbons (Fsp3) is 0.136. The van der Waals surface area contributed by atoms with Crippen molar-refractivity contribution >= 4 is 11.4 Å². The number of pyridine rings is 1. The molecule has 132 valence electrons. The zero-order valence-corrected chi connectivity index (χ0v) is 14.9. The van der Waals surface area contributed by atoms with Crippen molar-refractivity contribution in [2.24, 2.45) is 0 Å². The van der Waals surface area contributed by atoms with Gasteiger partial charge in [0.15, 0.2) is 0 Å². The Balaban J connectivity index is 1.63. The minimum absolute atomic E-state index is 0.478. The first-order valence-corrected chi connectivity index (χ1v) is 8.57. The van der Waals surface area contributed by atoms with Gasteiger partial charge in [-0.1, -0.05) is 48.5 Å². The van der Waals surface area contributed by atoms with Crippen LogP contribution in [0.4, 0.5) is 5.69 Å². The van der Waals surface area contributed by atoms with Crippen LogP contribution in [-0.2, 0) is 18.0 Å². The highest BCUT2D eigenvalue weighted by Gasteiger charge is 2.07. The first-order valence-electron chi connectivity index (χ1n) is 8.57. The van der Waals surface area contributed by atoms with Crippen LogP contribution in [0.15, 0.2) is 79.6 Å². The molecule has 0 fully saturated rings. The molecule has 1 aromatic heterocycles. The maximum atomic E-state index is 5.61. The second kappa shape index (κ2) is 8.83. The smallest absolute Gasteiger partial charge is 0.0996 e. The van der Waals surface area contributed by atoms with Gasteiger partial charge in [-0.15, -0.1) is 0 Å². The highest BCUT2D eigenvalue weighted by Crippen LogP contribution is 2.23. The first kappa shape index (κ1) is 17.7. The molecule has 0 radical (unpaired) electrons. The Bertz CT molecular complexity index is 848. The third-order valence-electron chi connectivity index (χ3n) is 4.01. The summed E-state index contributed by atoms with van der Waals surface area (Å²) in [5.74, 6) is 0. The molecule has 4 heteroatoms. The third-order valence-corrected chi connectivity index (χ3v) is 4.01. The van der Waals surface area contributed by atoms with Crippen molar-refractivity contribution < 1.29 is 4.84 Å². The molecule has 2 N–H and O–H groups in total. The second-order valence-electron chi connectivity index (χ2n) is 6.11. The van der Waals surface area contributed by atoms with E-state index in [1.165, 1.54) is 11.1 Å². The Kier molecular flexibility index (Phi) is 6.01. The molecule has 2 aromatic carbocycles. The van der Waals surface area contributed by atoms with Crippen LogP contribution in [0.25, 0.3) is 5.70 Å². The van der Waals surface area contributed by atoms with E-state index in [9.17, 15) is 0 Å². The third kappa shape index (κ3) is 4.94. The summed E-state index contributed by atoms with van der Waals surface area (Å²) in [6.45, 7) is 7.39. The Morgan fingerprint density at radius 1 is 1.00 bits per heavy atom. The zero-order valence-electron chi connectivity index (χ0n) is 14.9. The summed E-state index contributed by atoms with van der Waals surface area (Å²) in [5.41, 5.74) is 9.14. The van der Waals surface area contributed by atoms with E-state index in [0.717, 1.165) is 29.1 Å². The molecule has 0 bridgehead atoms. The molecule has 1 heterocycles. The number of anilines is 1. The van der Waals surface area contributed by atoms with Crippen molar-refractivity contribution in [3.8, 4) is 0 Å². The van der Waals surface area contributed by atoms with Crippen LogP contribution in [0.3, 0.4) is 0 Å². The van der Waals surface area contributed by atoms with Crippen molar-refractivity contribution in [1.29, 1.82) is 0 Å². The molecule has 0 spiro atoms. The summed E-state index contributed by atoms with van der Waals surface area (Å²) in [6.07, 6.45) is 3.59. The summed E-state index contributed by atoms with van der Waals surface area (Å²) < 4.78 is 0. The number of hydrogen-bond donors (Lipinski definition) is 2. The average molecular weight is 345 g/mol. The van der Waals surface area contributed by atoms with Gasteiger partial charge in [0.2, 0.25) is 0 Å². The van der Waals surface area contributed by atoms with E-state index in [1.54, 1.807) is 12.4 Å². The molecule has 0 atom stereocenters. The number of nitrogens with one attached hydrogen (secondary N) is 2. The van der Waals surface area contributed by atoms with E-state index in [0.29, 0.717) is 6.61 Å². The Hall–Kier alpha value is -3.11. The van der Waals surface area contributed by atoms with Crippen LogP contribution in [0, 0.1) is 6.92 Å². The molecule has 4 nitrogen and oxygen atoms in total. The summed E-state index contributed by atoms with van der Waals surface area (Å²) in [4.78, 5) is 9.66. The van der Waals surface area contributed by atoms with E-state index >= 15 is 0 Å². The Morgan fingerprint density at radius 2 is 1.77 bits per heavy atom. The lowest BCUT2D eigenvalue weighted by Crippen LogP contribution is -2.14. The van der Waals surface area contributed by atoms with Gasteiger partial charge in [0, 0.05) is 30.2 Å². The SMILES string of the molecule is C=C(NOCc1ccccc1)c1cc(C)ccc1NCc1ccncc1. The molecule has 3 rings (SSSR count). The van der Waals surface area contributed by atoms with Gasteiger partial charge in [-0.3, -0.25) is 15.3 Å². The molecule has 0 saturated heterocycles. The molecule has 3 aromatic rings. The van der Waals surface area contributed by atoms with Gasteiger partial charge in [0.05, 0.1) is 12.3 Å². The standard InChI is InChI=1S/C22H23N3O/c1-17-8-9-22(24-15-19-10-12-23-13-11-19)21(14-17)18(2)25-26-16-20-6-4-3-5-7-20/h3-14,24-25H,2,15-16H2,1H3. The predicted octanol–water partition coefficient (Wildman–Crippen LogP) is 4.69. The number of benzene rings is 2. The minimum atomic E-state index is 0.478. The summed E-state index contributed by atoms with van der Waals surface area (Å²) in [7, 11) is 0. The fourth-order valence-corrected chi connectivity index (χ4v) is 2.60. The first-order chi connectivity index (χ1) is 12.7. The van der Waals surface area contributed by atoms with Gasteiger partial charge in [-0.2, -0.15) is 0 Å². The Labute approximate surface area is 154 Å². The van der Waals surface area contributed by atoms with E-state index in [1.807, 2.05) is 42.5 Å². The zero-order chi connectivity index (χ0) is 18.2. The van der Waals surface area contributed by atoms with Crippen LogP contribution >= 0.6 is 0 Å². The van der Waals surface area contributed by atoms with Crippen molar-refractivity contribution in [1.82, 2.24) is 10.5 Å². The van der Waals surface area contributed by atoms with Gasteiger partial charge in [0.1, 0.15) is 0 Å². The molecule has 0 aliphatic heterocycles. The lowest BCUT2D eigenvalue weighted by molar-refractivity contribution is 0.0648. The van der Waals surface area contributed by atoms with Crippen LogP contribution < -0.4 is 10.8 Å². The molecule has 0 saturated carbocycles. The molecule has 26 heavy (non-hydrogen) atoms. The highest BCUT2D eigenvalue weighted by molar-refractivity contribution is 5.74. The van der Waals surface area contributed by atoms with Gasteiger partial charge in [-0.25, -0.2) is 0 Å². The summed E-state index contributed by atoms with van der Waals surface area (Å²) in [5, 5.41) is 3.46. The van der Waals surface area contributed by atoms with Crippen molar-refractivity contribution in [3.05, 3.63) is 102 Å². The monoisotopic (exact) mass is 345 g/mol. The van der Waals surface area contributed by atoms with Crippen LogP contribution in [0.1, 0.15) is 22.3 Å². The molecule has 0 aliphatic carbocycles. The van der Waals surface area contributed by atoms with Crippen LogP contribution in [0.2, 0.25) is 0 Å². The molecular formula is C22H23N3O. The summed E-state index contributed by atoms with van der Waals surface area (Å²) >= 11 is 0. The number of rotatable bonds is 8. The van der Waals surface area contributed by atoms with Crippen LogP contribution in [-0.4, -0.2) is 4.98 Å². The quantitative estimate of drug-likeness (QED) is 0.581. The van der Waals surface area contributed by atoms with Gasteiger partial charge in [-0.05, 0) is 42.3 Å². The summed E-state index contributed by atoms with van der Waals surface area (Å²) in [6, 6.07) is 20.3. The predicted molar refractivity (Wildman–Crippen MR) is 106 cm³/mol. The number of aryl methyl sites for hydroxylation is 1. The van der Waals surface area contributed by atoms with E-state index in [-0.39, 0.29) is 0 Å². The Morgan fingerprint density at radius 3 is 2.54 bits per heavy atom. The number of aromatic nitrogens is 1. The van der Waals surface area contributed by atoms with Gasteiger partial charge < -0.3 is 5.32 Å². The highest BCUT2D eigenvalue weighted by atomic mass is 16.6. The minimum Gasteiger partial charge on any atom is -0.380 e. The van der Waals surface area contributed by atoms with Crippen molar-refractivity contribution in [2.45, 2.75) is 20.1 Å². The largest absolute Gasteiger partial charge is 0.380 e. The number of hydroxylamine groups is 1. The van der Waals surface area contributed by atoms with E-state index in [2.05, 4.69) is 47.5 Å². The lowest BCUT2D eigenvalue weighted by atomic mass is 10.1. The fourth-order valence-electron chi connectivity index (χ4n) is 2.60. The van der Waals surface area contributed by atoms with Gasteiger partial charge >= 0.3 is 0 Å². The van der Waals surface area contributed by atoms with Gasteiger partial charge in [0.25, 0.3) is 0 Å². The molecule has 0 aliphatic rings.